The van der Waals surface area contributed by atoms with E-state index in [4.69, 9.17) is 33.3 Å². The average molecular weight is 501 g/mol. The molecule has 1 atom stereocenters. The molecule has 0 aliphatic rings. The maximum absolute atomic E-state index is 12.1. The Morgan fingerprint density at radius 3 is 2.52 bits per heavy atom. The van der Waals surface area contributed by atoms with Crippen LogP contribution in [0.5, 0.6) is 0 Å². The van der Waals surface area contributed by atoms with Crippen molar-refractivity contribution in [3.8, 4) is 21.8 Å². The molecule has 3 aromatic rings. The van der Waals surface area contributed by atoms with Gasteiger partial charge in [-0.05, 0) is 29.7 Å². The largest absolute Gasteiger partial charge is 0.395 e. The number of rotatable bonds is 7. The predicted molar refractivity (Wildman–Crippen MR) is 125 cm³/mol. The van der Waals surface area contributed by atoms with Crippen LogP contribution in [0.25, 0.3) is 21.8 Å². The summed E-state index contributed by atoms with van der Waals surface area (Å²) in [6.45, 7) is 5.37. The molecule has 0 amide bonds. The molecule has 0 saturated carbocycles. The van der Waals surface area contributed by atoms with Crippen molar-refractivity contribution in [2.24, 2.45) is 5.14 Å². The quantitative estimate of drug-likeness (QED) is 0.458. The Kier molecular flexibility index (Phi) is 7.05. The normalized spacial score (nSPS) is 13.4. The number of nitrogens with zero attached hydrogens (tertiary/aromatic N) is 3. The van der Waals surface area contributed by atoms with E-state index >= 15 is 0 Å². The second kappa shape index (κ2) is 9.09. The third-order valence-electron chi connectivity index (χ3n) is 4.86. The van der Waals surface area contributed by atoms with Crippen molar-refractivity contribution in [2.75, 3.05) is 6.61 Å². The van der Waals surface area contributed by atoms with Crippen LogP contribution < -0.4 is 5.14 Å². The molecule has 11 heteroatoms. The molecule has 2 aromatic heterocycles. The number of nitrogens with two attached hydrogens (primary N) is 1. The van der Waals surface area contributed by atoms with Crippen molar-refractivity contribution in [2.45, 2.75) is 37.9 Å². The van der Waals surface area contributed by atoms with Gasteiger partial charge in [0.05, 0.1) is 27.9 Å². The Morgan fingerprint density at radius 1 is 1.23 bits per heavy atom. The van der Waals surface area contributed by atoms with Crippen molar-refractivity contribution in [1.29, 1.82) is 0 Å². The number of aliphatic hydroxyl groups excluding tert-OH is 1. The minimum atomic E-state index is -3.85. The van der Waals surface area contributed by atoms with E-state index in [-0.39, 0.29) is 23.3 Å². The molecule has 0 aliphatic carbocycles. The van der Waals surface area contributed by atoms with Gasteiger partial charge in [-0.1, -0.05) is 50.6 Å². The number of thiazole rings is 1. The van der Waals surface area contributed by atoms with Crippen molar-refractivity contribution >= 4 is 44.6 Å². The molecule has 1 aromatic carbocycles. The third kappa shape index (κ3) is 4.92. The molecule has 0 spiro atoms. The molecular weight excluding hydrogens is 479 g/mol. The molecule has 3 rings (SSSR count). The van der Waals surface area contributed by atoms with Gasteiger partial charge in [0.1, 0.15) is 10.3 Å². The third-order valence-corrected chi connectivity index (χ3v) is 8.29. The number of hydrogen-bond donors (Lipinski definition) is 2. The second-order valence-corrected chi connectivity index (χ2v) is 11.1. The van der Waals surface area contributed by atoms with E-state index < -0.39 is 20.7 Å². The second-order valence-electron chi connectivity index (χ2n) is 7.64. The first kappa shape index (κ1) is 24.0. The number of benzene rings is 1. The highest BCUT2D eigenvalue weighted by Crippen LogP contribution is 2.44. The van der Waals surface area contributed by atoms with Crippen molar-refractivity contribution in [3.05, 3.63) is 51.3 Å². The smallest absolute Gasteiger partial charge is 0.222 e. The van der Waals surface area contributed by atoms with E-state index in [0.29, 0.717) is 32.4 Å². The van der Waals surface area contributed by atoms with Gasteiger partial charge in [-0.2, -0.15) is 0 Å². The van der Waals surface area contributed by atoms with Crippen molar-refractivity contribution in [3.63, 3.8) is 0 Å². The zero-order valence-electron chi connectivity index (χ0n) is 17.1. The van der Waals surface area contributed by atoms with E-state index in [0.717, 1.165) is 0 Å². The lowest BCUT2D eigenvalue weighted by Crippen LogP contribution is -2.22. The Labute approximate surface area is 195 Å². The topological polar surface area (TPSA) is 119 Å². The van der Waals surface area contributed by atoms with Crippen LogP contribution in [0.3, 0.4) is 0 Å². The maximum atomic E-state index is 12.1. The van der Waals surface area contributed by atoms with Crippen LogP contribution in [0.1, 0.15) is 43.0 Å². The van der Waals surface area contributed by atoms with Crippen LogP contribution in [-0.4, -0.2) is 35.1 Å². The standard InChI is InChI=1S/C20H22Cl2N4O3S2/c1-4-14(31(23,28)29)11-6-5-7-12(15(11)21)16-17(13-8-9-24-19(22)25-13)30-18(26-16)20(2,3)10-27/h5-9,14,27H,4,10H2,1-3H3,(H2,23,28,29). The summed E-state index contributed by atoms with van der Waals surface area (Å²) in [5, 5.41) is 15.3. The van der Waals surface area contributed by atoms with Gasteiger partial charge in [0.15, 0.2) is 0 Å². The molecule has 0 bridgehead atoms. The van der Waals surface area contributed by atoms with Gasteiger partial charge in [0.2, 0.25) is 15.3 Å². The van der Waals surface area contributed by atoms with Gasteiger partial charge in [0, 0.05) is 17.2 Å². The number of sulfonamides is 1. The van der Waals surface area contributed by atoms with Crippen LogP contribution in [0.2, 0.25) is 10.3 Å². The summed E-state index contributed by atoms with van der Waals surface area (Å²) in [5.74, 6) is 0. The maximum Gasteiger partial charge on any atom is 0.222 e. The number of primary sulfonamides is 1. The monoisotopic (exact) mass is 500 g/mol. The Balaban J connectivity index is 2.29. The van der Waals surface area contributed by atoms with Crippen LogP contribution in [-0.2, 0) is 15.4 Å². The van der Waals surface area contributed by atoms with Gasteiger partial charge in [-0.15, -0.1) is 11.3 Å². The zero-order valence-corrected chi connectivity index (χ0v) is 20.3. The fraction of sp³-hybridized carbons (Fsp3) is 0.350. The van der Waals surface area contributed by atoms with E-state index in [9.17, 15) is 13.5 Å². The summed E-state index contributed by atoms with van der Waals surface area (Å²) in [6.07, 6.45) is 1.81. The predicted octanol–water partition coefficient (Wildman–Crippen LogP) is 4.58. The van der Waals surface area contributed by atoms with Crippen LogP contribution >= 0.6 is 34.5 Å². The molecule has 0 aliphatic heterocycles. The highest BCUT2D eigenvalue weighted by molar-refractivity contribution is 7.89. The van der Waals surface area contributed by atoms with Crippen LogP contribution in [0.4, 0.5) is 0 Å². The van der Waals surface area contributed by atoms with E-state index in [2.05, 4.69) is 9.97 Å². The van der Waals surface area contributed by atoms with E-state index in [1.807, 2.05) is 13.8 Å². The molecule has 2 heterocycles. The molecule has 0 fully saturated rings. The SMILES string of the molecule is CCC(c1cccc(-c2nc(C(C)(C)CO)sc2-c2ccnc(Cl)n2)c1Cl)S(N)(=O)=O. The number of aliphatic hydroxyl groups is 1. The Hall–Kier alpha value is -1.62. The summed E-state index contributed by atoms with van der Waals surface area (Å²) in [6, 6.07) is 6.84. The average Bonchev–Trinajstić information content (AvgIpc) is 3.15. The Morgan fingerprint density at radius 2 is 1.94 bits per heavy atom. The Bertz CT molecular complexity index is 1210. The van der Waals surface area contributed by atoms with Gasteiger partial charge >= 0.3 is 0 Å². The minimum absolute atomic E-state index is 0.0833. The first-order valence-electron chi connectivity index (χ1n) is 9.41. The van der Waals surface area contributed by atoms with Crippen LogP contribution in [0.15, 0.2) is 30.5 Å². The molecular formula is C20H22Cl2N4O3S2. The van der Waals surface area contributed by atoms with Crippen molar-refractivity contribution < 1.29 is 13.5 Å². The molecule has 31 heavy (non-hydrogen) atoms. The number of aromatic nitrogens is 3. The fourth-order valence-electron chi connectivity index (χ4n) is 3.11. The summed E-state index contributed by atoms with van der Waals surface area (Å²) < 4.78 is 24.2. The van der Waals surface area contributed by atoms with Crippen LogP contribution in [0, 0.1) is 0 Å². The molecule has 166 valence electrons. The first-order valence-corrected chi connectivity index (χ1v) is 12.6. The summed E-state index contributed by atoms with van der Waals surface area (Å²) in [5.41, 5.74) is 1.42. The van der Waals surface area contributed by atoms with E-state index in [1.165, 1.54) is 17.5 Å². The highest BCUT2D eigenvalue weighted by atomic mass is 35.5. The summed E-state index contributed by atoms with van der Waals surface area (Å²) in [4.78, 5) is 13.7. The van der Waals surface area contributed by atoms with Gasteiger partial charge in [-0.25, -0.2) is 28.5 Å². The molecule has 1 unspecified atom stereocenters. The number of hydrogen-bond acceptors (Lipinski definition) is 7. The number of halogens is 2. The van der Waals surface area contributed by atoms with Crippen molar-refractivity contribution in [1.82, 2.24) is 15.0 Å². The summed E-state index contributed by atoms with van der Waals surface area (Å²) >= 11 is 14.1. The summed E-state index contributed by atoms with van der Waals surface area (Å²) in [7, 11) is -3.85. The van der Waals surface area contributed by atoms with Gasteiger partial charge in [0.25, 0.3) is 0 Å². The molecule has 0 saturated heterocycles. The first-order chi connectivity index (χ1) is 14.5. The highest BCUT2D eigenvalue weighted by Gasteiger charge is 2.30. The van der Waals surface area contributed by atoms with Gasteiger partial charge < -0.3 is 5.11 Å². The van der Waals surface area contributed by atoms with Gasteiger partial charge in [-0.3, -0.25) is 0 Å². The lowest BCUT2D eigenvalue weighted by molar-refractivity contribution is 0.218. The lowest BCUT2D eigenvalue weighted by Gasteiger charge is -2.18. The molecule has 3 N–H and O–H groups in total. The fourth-order valence-corrected chi connectivity index (χ4v) is 5.82. The lowest BCUT2D eigenvalue weighted by atomic mass is 9.96. The molecule has 7 nitrogen and oxygen atoms in total. The van der Waals surface area contributed by atoms with E-state index in [1.54, 1.807) is 31.2 Å². The minimum Gasteiger partial charge on any atom is -0.395 e. The zero-order chi connectivity index (χ0) is 23.0. The molecule has 0 radical (unpaired) electrons.